The number of anilines is 1. The molecule has 3 heteroatoms. The Bertz CT molecular complexity index is 852. The van der Waals surface area contributed by atoms with E-state index in [0.29, 0.717) is 5.11 Å². The summed E-state index contributed by atoms with van der Waals surface area (Å²) in [6.07, 6.45) is 0.977. The van der Waals surface area contributed by atoms with Crippen LogP contribution in [0.5, 0.6) is 0 Å². The Hall–Kier alpha value is -2.39. The highest BCUT2D eigenvalue weighted by Gasteiger charge is 2.11. The van der Waals surface area contributed by atoms with Crippen molar-refractivity contribution < 1.29 is 0 Å². The van der Waals surface area contributed by atoms with Gasteiger partial charge in [-0.05, 0) is 53.5 Å². The molecule has 24 heavy (non-hydrogen) atoms. The quantitative estimate of drug-likeness (QED) is 0.620. The highest BCUT2D eigenvalue weighted by molar-refractivity contribution is 7.80. The van der Waals surface area contributed by atoms with Crippen LogP contribution in [0.4, 0.5) is 5.69 Å². The molecule has 1 atom stereocenters. The highest BCUT2D eigenvalue weighted by atomic mass is 32.1. The molecule has 0 aliphatic rings. The molecular formula is C21H22N2S. The molecule has 0 spiro atoms. The first-order valence-corrected chi connectivity index (χ1v) is 8.73. The van der Waals surface area contributed by atoms with Crippen LogP contribution in [0.1, 0.15) is 31.0 Å². The van der Waals surface area contributed by atoms with Crippen LogP contribution in [-0.2, 0) is 6.42 Å². The molecule has 3 aromatic carbocycles. The molecule has 0 aliphatic carbocycles. The molecule has 122 valence electrons. The van der Waals surface area contributed by atoms with Gasteiger partial charge in [0.05, 0.1) is 6.04 Å². The molecule has 3 rings (SSSR count). The number of hydrogen-bond acceptors (Lipinski definition) is 1. The van der Waals surface area contributed by atoms with E-state index in [9.17, 15) is 0 Å². The van der Waals surface area contributed by atoms with Crippen LogP contribution in [0, 0.1) is 0 Å². The van der Waals surface area contributed by atoms with Crippen LogP contribution in [-0.4, -0.2) is 5.11 Å². The monoisotopic (exact) mass is 334 g/mol. The molecule has 0 amide bonds. The number of fused-ring (bicyclic) bond motifs is 1. The van der Waals surface area contributed by atoms with Gasteiger partial charge in [0, 0.05) is 5.69 Å². The number of thiocarbonyl (C=S) groups is 1. The fourth-order valence-corrected chi connectivity index (χ4v) is 3.30. The van der Waals surface area contributed by atoms with Crippen molar-refractivity contribution in [3.63, 3.8) is 0 Å². The number of hydrogen-bond donors (Lipinski definition) is 2. The lowest BCUT2D eigenvalue weighted by molar-refractivity contribution is 0.729. The van der Waals surface area contributed by atoms with Crippen LogP contribution >= 0.6 is 12.2 Å². The lowest BCUT2D eigenvalue weighted by atomic mass is 10.00. The average molecular weight is 334 g/mol. The SMILES string of the molecule is CCc1ccccc1NC(=S)N[C@H](C)c1cccc2ccccc12. The predicted octanol–water partition coefficient (Wildman–Crippen LogP) is 5.45. The molecule has 3 aromatic rings. The summed E-state index contributed by atoms with van der Waals surface area (Å²) in [4.78, 5) is 0. The number of rotatable bonds is 4. The summed E-state index contributed by atoms with van der Waals surface area (Å²) in [6.45, 7) is 4.29. The largest absolute Gasteiger partial charge is 0.356 e. The molecule has 0 saturated carbocycles. The molecule has 0 unspecified atom stereocenters. The van der Waals surface area contributed by atoms with E-state index in [1.54, 1.807) is 0 Å². The molecule has 0 fully saturated rings. The fraction of sp³-hybridized carbons (Fsp3) is 0.190. The zero-order chi connectivity index (χ0) is 16.9. The highest BCUT2D eigenvalue weighted by Crippen LogP contribution is 2.24. The van der Waals surface area contributed by atoms with Gasteiger partial charge in [0.25, 0.3) is 0 Å². The standard InChI is InChI=1S/C21H22N2S/c1-3-16-9-5-7-14-20(16)23-21(24)22-15(2)18-13-8-11-17-10-4-6-12-19(17)18/h4-15H,3H2,1-2H3,(H2,22,23,24)/t15-/m1/s1. The Morgan fingerprint density at radius 1 is 0.958 bits per heavy atom. The molecule has 2 N–H and O–H groups in total. The number of para-hydroxylation sites is 1. The summed E-state index contributed by atoms with van der Waals surface area (Å²) >= 11 is 5.52. The molecule has 0 aromatic heterocycles. The van der Waals surface area contributed by atoms with Crippen LogP contribution in [0.15, 0.2) is 66.7 Å². The van der Waals surface area contributed by atoms with Gasteiger partial charge in [0.15, 0.2) is 5.11 Å². The Morgan fingerprint density at radius 2 is 1.67 bits per heavy atom. The third-order valence-corrected chi connectivity index (χ3v) is 4.50. The summed E-state index contributed by atoms with van der Waals surface area (Å²) < 4.78 is 0. The van der Waals surface area contributed by atoms with E-state index < -0.39 is 0 Å². The van der Waals surface area contributed by atoms with Crippen molar-refractivity contribution in [2.75, 3.05) is 5.32 Å². The van der Waals surface area contributed by atoms with Gasteiger partial charge in [-0.2, -0.15) is 0 Å². The smallest absolute Gasteiger partial charge is 0.171 e. The first-order valence-electron chi connectivity index (χ1n) is 8.32. The maximum Gasteiger partial charge on any atom is 0.171 e. The van der Waals surface area contributed by atoms with Crippen molar-refractivity contribution in [2.24, 2.45) is 0 Å². The predicted molar refractivity (Wildman–Crippen MR) is 108 cm³/mol. The Balaban J connectivity index is 1.76. The van der Waals surface area contributed by atoms with Crippen molar-refractivity contribution >= 4 is 33.8 Å². The van der Waals surface area contributed by atoms with E-state index in [4.69, 9.17) is 12.2 Å². The van der Waals surface area contributed by atoms with E-state index >= 15 is 0 Å². The summed E-state index contributed by atoms with van der Waals surface area (Å²) in [7, 11) is 0. The molecule has 0 bridgehead atoms. The summed E-state index contributed by atoms with van der Waals surface area (Å²) in [6, 6.07) is 23.2. The van der Waals surface area contributed by atoms with Crippen molar-refractivity contribution in [2.45, 2.75) is 26.3 Å². The van der Waals surface area contributed by atoms with Crippen LogP contribution in [0.2, 0.25) is 0 Å². The van der Waals surface area contributed by atoms with Crippen molar-refractivity contribution in [3.8, 4) is 0 Å². The Labute approximate surface area is 148 Å². The zero-order valence-electron chi connectivity index (χ0n) is 14.0. The van der Waals surface area contributed by atoms with Crippen molar-refractivity contribution in [1.82, 2.24) is 5.32 Å². The second kappa shape index (κ2) is 7.45. The lowest BCUT2D eigenvalue weighted by Crippen LogP contribution is -2.31. The molecule has 0 radical (unpaired) electrons. The summed E-state index contributed by atoms with van der Waals surface area (Å²) in [5.41, 5.74) is 3.59. The van der Waals surface area contributed by atoms with Gasteiger partial charge >= 0.3 is 0 Å². The number of aryl methyl sites for hydroxylation is 1. The molecule has 0 heterocycles. The summed E-state index contributed by atoms with van der Waals surface area (Å²) in [5, 5.41) is 9.90. The third kappa shape index (κ3) is 3.57. The number of benzene rings is 3. The van der Waals surface area contributed by atoms with Gasteiger partial charge in [-0.15, -0.1) is 0 Å². The van der Waals surface area contributed by atoms with Crippen molar-refractivity contribution in [3.05, 3.63) is 77.9 Å². The minimum atomic E-state index is 0.130. The minimum absolute atomic E-state index is 0.130. The second-order valence-corrected chi connectivity index (χ2v) is 6.31. The third-order valence-electron chi connectivity index (χ3n) is 4.28. The fourth-order valence-electron chi connectivity index (χ4n) is 3.01. The Kier molecular flexibility index (Phi) is 5.11. The molecule has 0 aliphatic heterocycles. The topological polar surface area (TPSA) is 24.1 Å². The van der Waals surface area contributed by atoms with Gasteiger partial charge in [-0.1, -0.05) is 67.6 Å². The van der Waals surface area contributed by atoms with Gasteiger partial charge in [0.1, 0.15) is 0 Å². The lowest BCUT2D eigenvalue weighted by Gasteiger charge is -2.20. The normalized spacial score (nSPS) is 11.9. The molecular weight excluding hydrogens is 312 g/mol. The maximum absolute atomic E-state index is 5.52. The van der Waals surface area contributed by atoms with E-state index in [1.807, 2.05) is 6.07 Å². The molecule has 2 nitrogen and oxygen atoms in total. The Morgan fingerprint density at radius 3 is 2.50 bits per heavy atom. The zero-order valence-corrected chi connectivity index (χ0v) is 14.9. The first-order chi connectivity index (χ1) is 11.7. The number of nitrogens with one attached hydrogen (secondary N) is 2. The van der Waals surface area contributed by atoms with E-state index in [1.165, 1.54) is 21.9 Å². The molecule has 0 saturated heterocycles. The van der Waals surface area contributed by atoms with Gasteiger partial charge < -0.3 is 10.6 Å². The second-order valence-electron chi connectivity index (χ2n) is 5.90. The van der Waals surface area contributed by atoms with Crippen molar-refractivity contribution in [1.29, 1.82) is 0 Å². The van der Waals surface area contributed by atoms with E-state index in [0.717, 1.165) is 12.1 Å². The van der Waals surface area contributed by atoms with E-state index in [2.05, 4.69) is 85.1 Å². The maximum atomic E-state index is 5.52. The summed E-state index contributed by atoms with van der Waals surface area (Å²) in [5.74, 6) is 0. The van der Waals surface area contributed by atoms with Crippen LogP contribution in [0.3, 0.4) is 0 Å². The average Bonchev–Trinajstić information content (AvgIpc) is 2.61. The van der Waals surface area contributed by atoms with E-state index in [-0.39, 0.29) is 6.04 Å². The van der Waals surface area contributed by atoms with Crippen LogP contribution in [0.25, 0.3) is 10.8 Å². The van der Waals surface area contributed by atoms with Gasteiger partial charge in [-0.3, -0.25) is 0 Å². The van der Waals surface area contributed by atoms with Gasteiger partial charge in [-0.25, -0.2) is 0 Å². The minimum Gasteiger partial charge on any atom is -0.356 e. The van der Waals surface area contributed by atoms with Gasteiger partial charge in [0.2, 0.25) is 0 Å². The van der Waals surface area contributed by atoms with Crippen LogP contribution < -0.4 is 10.6 Å². The first kappa shape index (κ1) is 16.5.